The van der Waals surface area contributed by atoms with Crippen molar-refractivity contribution in [2.24, 2.45) is 0 Å². The third kappa shape index (κ3) is 3.14. The third-order valence-corrected chi connectivity index (χ3v) is 2.65. The van der Waals surface area contributed by atoms with Crippen molar-refractivity contribution < 1.29 is 4.74 Å². The Morgan fingerprint density at radius 2 is 2.20 bits per heavy atom. The lowest BCUT2D eigenvalue weighted by Crippen LogP contribution is -2.13. The standard InChI is InChI=1S/C12H19N7O/c1-4-19-7-17-18-9(19)5-14-11-10(13)12(16-6-15-11)20-8(2)3/h6-8H,4-5,13H2,1-3H3,(H,14,15,16). The first-order chi connectivity index (χ1) is 9.61. The van der Waals surface area contributed by atoms with Gasteiger partial charge in [0.2, 0.25) is 5.88 Å². The average molecular weight is 277 g/mol. The van der Waals surface area contributed by atoms with E-state index >= 15 is 0 Å². The molecule has 0 radical (unpaired) electrons. The molecule has 0 aromatic carbocycles. The smallest absolute Gasteiger partial charge is 0.242 e. The Balaban J connectivity index is 2.10. The maximum atomic E-state index is 5.99. The Morgan fingerprint density at radius 3 is 2.90 bits per heavy atom. The van der Waals surface area contributed by atoms with E-state index in [1.807, 2.05) is 25.3 Å². The molecule has 20 heavy (non-hydrogen) atoms. The van der Waals surface area contributed by atoms with Crippen LogP contribution in [0.5, 0.6) is 5.88 Å². The highest BCUT2D eigenvalue weighted by Gasteiger charge is 2.11. The van der Waals surface area contributed by atoms with Gasteiger partial charge in [0.15, 0.2) is 11.6 Å². The normalized spacial score (nSPS) is 10.8. The maximum absolute atomic E-state index is 5.99. The average Bonchev–Trinajstić information content (AvgIpc) is 2.86. The first kappa shape index (κ1) is 14.0. The molecule has 0 unspecified atom stereocenters. The first-order valence-electron chi connectivity index (χ1n) is 6.49. The highest BCUT2D eigenvalue weighted by atomic mass is 16.5. The van der Waals surface area contributed by atoms with Crippen LogP contribution in [0.25, 0.3) is 0 Å². The van der Waals surface area contributed by atoms with Gasteiger partial charge in [0, 0.05) is 6.54 Å². The van der Waals surface area contributed by atoms with E-state index in [9.17, 15) is 0 Å². The van der Waals surface area contributed by atoms with Crippen molar-refractivity contribution in [1.29, 1.82) is 0 Å². The fourth-order valence-electron chi connectivity index (χ4n) is 1.68. The topological polar surface area (TPSA) is 104 Å². The number of nitrogen functional groups attached to an aromatic ring is 1. The van der Waals surface area contributed by atoms with Crippen LogP contribution >= 0.6 is 0 Å². The predicted molar refractivity (Wildman–Crippen MR) is 75.2 cm³/mol. The van der Waals surface area contributed by atoms with Gasteiger partial charge in [-0.15, -0.1) is 10.2 Å². The van der Waals surface area contributed by atoms with Crippen molar-refractivity contribution >= 4 is 11.5 Å². The van der Waals surface area contributed by atoms with Gasteiger partial charge >= 0.3 is 0 Å². The molecule has 0 aliphatic rings. The number of nitrogens with one attached hydrogen (secondary N) is 1. The molecule has 0 saturated carbocycles. The maximum Gasteiger partial charge on any atom is 0.242 e. The number of aryl methyl sites for hydroxylation is 1. The van der Waals surface area contributed by atoms with Gasteiger partial charge in [-0.3, -0.25) is 0 Å². The van der Waals surface area contributed by atoms with E-state index in [2.05, 4.69) is 25.5 Å². The molecule has 0 atom stereocenters. The van der Waals surface area contributed by atoms with Crippen molar-refractivity contribution in [1.82, 2.24) is 24.7 Å². The summed E-state index contributed by atoms with van der Waals surface area (Å²) < 4.78 is 7.46. The lowest BCUT2D eigenvalue weighted by molar-refractivity contribution is 0.234. The highest BCUT2D eigenvalue weighted by Crippen LogP contribution is 2.25. The van der Waals surface area contributed by atoms with Crippen molar-refractivity contribution in [2.45, 2.75) is 40.0 Å². The Kier molecular flexibility index (Phi) is 4.34. The summed E-state index contributed by atoms with van der Waals surface area (Å²) in [6.45, 7) is 7.15. The van der Waals surface area contributed by atoms with Crippen molar-refractivity contribution in [3.05, 3.63) is 18.5 Å². The molecule has 2 aromatic rings. The van der Waals surface area contributed by atoms with Crippen LogP contribution in [0.2, 0.25) is 0 Å². The summed E-state index contributed by atoms with van der Waals surface area (Å²) in [7, 11) is 0. The van der Waals surface area contributed by atoms with Gasteiger partial charge in [0.1, 0.15) is 18.3 Å². The fraction of sp³-hybridized carbons (Fsp3) is 0.500. The fourth-order valence-corrected chi connectivity index (χ4v) is 1.68. The van der Waals surface area contributed by atoms with Crippen molar-refractivity contribution in [3.63, 3.8) is 0 Å². The molecule has 108 valence electrons. The third-order valence-electron chi connectivity index (χ3n) is 2.65. The minimum atomic E-state index is 0.00300. The molecule has 0 amide bonds. The van der Waals surface area contributed by atoms with E-state index in [4.69, 9.17) is 10.5 Å². The van der Waals surface area contributed by atoms with Crippen LogP contribution in [0.1, 0.15) is 26.6 Å². The summed E-state index contributed by atoms with van der Waals surface area (Å²) in [6.07, 6.45) is 3.11. The largest absolute Gasteiger partial charge is 0.473 e. The summed E-state index contributed by atoms with van der Waals surface area (Å²) >= 11 is 0. The summed E-state index contributed by atoms with van der Waals surface area (Å²) in [5.41, 5.74) is 6.38. The molecule has 2 heterocycles. The van der Waals surface area contributed by atoms with Crippen LogP contribution in [0, 0.1) is 0 Å². The quantitative estimate of drug-likeness (QED) is 0.813. The van der Waals surface area contributed by atoms with E-state index in [0.29, 0.717) is 23.9 Å². The number of aromatic nitrogens is 5. The van der Waals surface area contributed by atoms with E-state index in [0.717, 1.165) is 12.4 Å². The summed E-state index contributed by atoms with van der Waals surface area (Å²) in [5.74, 6) is 1.73. The number of hydrogen-bond acceptors (Lipinski definition) is 7. The molecular formula is C12H19N7O. The lowest BCUT2D eigenvalue weighted by Gasteiger charge is -2.13. The van der Waals surface area contributed by atoms with E-state index in [-0.39, 0.29) is 6.10 Å². The molecule has 0 aliphatic carbocycles. The second-order valence-electron chi connectivity index (χ2n) is 4.49. The predicted octanol–water partition coefficient (Wildman–Crippen LogP) is 1.07. The Bertz CT molecular complexity index is 567. The van der Waals surface area contributed by atoms with E-state index < -0.39 is 0 Å². The summed E-state index contributed by atoms with van der Waals surface area (Å²) in [5, 5.41) is 11.0. The number of nitrogens with zero attached hydrogens (tertiary/aromatic N) is 5. The van der Waals surface area contributed by atoms with Crippen molar-refractivity contribution in [3.8, 4) is 5.88 Å². The molecule has 2 rings (SSSR count). The van der Waals surface area contributed by atoms with Gasteiger partial charge in [-0.1, -0.05) is 0 Å². The van der Waals surface area contributed by atoms with Crippen LogP contribution < -0.4 is 15.8 Å². The van der Waals surface area contributed by atoms with Crippen LogP contribution in [0.4, 0.5) is 11.5 Å². The Hall–Kier alpha value is -2.38. The van der Waals surface area contributed by atoms with E-state index in [1.165, 1.54) is 6.33 Å². The molecule has 8 heteroatoms. The lowest BCUT2D eigenvalue weighted by atomic mass is 10.4. The molecular weight excluding hydrogens is 258 g/mol. The van der Waals surface area contributed by atoms with Crippen LogP contribution in [-0.4, -0.2) is 30.8 Å². The monoisotopic (exact) mass is 277 g/mol. The number of hydrogen-bond donors (Lipinski definition) is 2. The number of ether oxygens (including phenoxy) is 1. The SMILES string of the molecule is CCn1cnnc1CNc1ncnc(OC(C)C)c1N. The van der Waals surface area contributed by atoms with Gasteiger partial charge in [-0.2, -0.15) is 4.98 Å². The van der Waals surface area contributed by atoms with Gasteiger partial charge in [-0.05, 0) is 20.8 Å². The van der Waals surface area contributed by atoms with Gasteiger partial charge in [0.05, 0.1) is 12.6 Å². The zero-order valence-electron chi connectivity index (χ0n) is 11.9. The van der Waals surface area contributed by atoms with Crippen molar-refractivity contribution in [2.75, 3.05) is 11.1 Å². The first-order valence-corrected chi connectivity index (χ1v) is 6.49. The molecule has 8 nitrogen and oxygen atoms in total. The molecule has 0 aliphatic heterocycles. The van der Waals surface area contributed by atoms with E-state index in [1.54, 1.807) is 6.33 Å². The summed E-state index contributed by atoms with van der Waals surface area (Å²) in [6, 6.07) is 0. The molecule has 0 fully saturated rings. The second-order valence-corrected chi connectivity index (χ2v) is 4.49. The minimum Gasteiger partial charge on any atom is -0.473 e. The molecule has 0 spiro atoms. The van der Waals surface area contributed by atoms with Crippen LogP contribution in [0.3, 0.4) is 0 Å². The molecule has 3 N–H and O–H groups in total. The van der Waals surface area contributed by atoms with Gasteiger partial charge in [0.25, 0.3) is 0 Å². The van der Waals surface area contributed by atoms with Crippen LogP contribution in [0.15, 0.2) is 12.7 Å². The molecule has 0 bridgehead atoms. The zero-order valence-corrected chi connectivity index (χ0v) is 11.9. The molecule has 2 aromatic heterocycles. The van der Waals surface area contributed by atoms with Gasteiger partial charge in [-0.25, -0.2) is 4.98 Å². The Labute approximate surface area is 117 Å². The molecule has 0 saturated heterocycles. The number of rotatable bonds is 6. The second kappa shape index (κ2) is 6.18. The zero-order chi connectivity index (χ0) is 14.5. The summed E-state index contributed by atoms with van der Waals surface area (Å²) in [4.78, 5) is 8.14. The minimum absolute atomic E-state index is 0.00300. The van der Waals surface area contributed by atoms with Gasteiger partial charge < -0.3 is 20.4 Å². The number of nitrogens with two attached hydrogens (primary N) is 1. The highest BCUT2D eigenvalue weighted by molar-refractivity contribution is 5.66. The Morgan fingerprint density at radius 1 is 1.40 bits per heavy atom. The number of anilines is 2. The van der Waals surface area contributed by atoms with Crippen LogP contribution in [-0.2, 0) is 13.1 Å².